The molecule has 5 heteroatoms. The van der Waals surface area contributed by atoms with Gasteiger partial charge in [0, 0.05) is 24.9 Å². The van der Waals surface area contributed by atoms with E-state index in [1.54, 1.807) is 12.1 Å². The highest BCUT2D eigenvalue weighted by Gasteiger charge is 2.14. The van der Waals surface area contributed by atoms with Gasteiger partial charge in [0.25, 0.3) is 0 Å². The van der Waals surface area contributed by atoms with Crippen LogP contribution in [-0.4, -0.2) is 33.3 Å². The number of hydrogen-bond donors (Lipinski definition) is 2. The van der Waals surface area contributed by atoms with Crippen LogP contribution in [-0.2, 0) is 16.4 Å². The molecule has 0 fully saturated rings. The van der Waals surface area contributed by atoms with Gasteiger partial charge in [-0.3, -0.25) is 0 Å². The maximum absolute atomic E-state index is 11.3. The Morgan fingerprint density at radius 2 is 1.74 bits per heavy atom. The minimum Gasteiger partial charge on any atom is -0.311 e. The number of hydrogen-bond acceptors (Lipinski definition) is 4. The molecule has 0 saturated heterocycles. The van der Waals surface area contributed by atoms with Gasteiger partial charge in [0.1, 0.15) is 0 Å². The average Bonchev–Trinajstić information content (AvgIpc) is 2.28. The fourth-order valence-electron chi connectivity index (χ4n) is 1.91. The monoisotopic (exact) mass is 284 g/mol. The zero-order valence-electron chi connectivity index (χ0n) is 12.2. The molecule has 0 bridgehead atoms. The lowest BCUT2D eigenvalue weighted by molar-refractivity contribution is 0.373. The van der Waals surface area contributed by atoms with Gasteiger partial charge in [0.05, 0.1) is 4.90 Å². The highest BCUT2D eigenvalue weighted by Crippen LogP contribution is 2.10. The van der Waals surface area contributed by atoms with E-state index in [4.69, 9.17) is 0 Å². The number of benzene rings is 1. The van der Waals surface area contributed by atoms with Crippen molar-refractivity contribution in [3.8, 4) is 0 Å². The second-order valence-electron chi connectivity index (χ2n) is 5.43. The molecular formula is C14H24N2O2S. The fraction of sp³-hybridized carbons (Fsp3) is 0.571. The second-order valence-corrected chi connectivity index (χ2v) is 7.45. The third kappa shape index (κ3) is 5.72. The van der Waals surface area contributed by atoms with Gasteiger partial charge in [-0.05, 0) is 38.1 Å². The van der Waals surface area contributed by atoms with E-state index in [9.17, 15) is 8.42 Å². The summed E-state index contributed by atoms with van der Waals surface area (Å²) in [6.45, 7) is 8.92. The highest BCUT2D eigenvalue weighted by atomic mass is 32.2. The molecule has 1 aromatic rings. The van der Waals surface area contributed by atoms with Crippen LogP contribution in [0.2, 0.25) is 0 Å². The van der Waals surface area contributed by atoms with Crippen molar-refractivity contribution in [2.75, 3.05) is 19.3 Å². The van der Waals surface area contributed by atoms with Crippen LogP contribution in [0.1, 0.15) is 26.3 Å². The molecule has 1 rings (SSSR count). The fourth-order valence-corrected chi connectivity index (χ4v) is 2.55. The van der Waals surface area contributed by atoms with Gasteiger partial charge >= 0.3 is 0 Å². The number of rotatable bonds is 7. The predicted octanol–water partition coefficient (Wildman–Crippen LogP) is 1.57. The van der Waals surface area contributed by atoms with Crippen LogP contribution in [0.15, 0.2) is 29.2 Å². The molecule has 108 valence electrons. The third-order valence-corrected chi connectivity index (χ3v) is 4.03. The molecule has 1 aromatic carbocycles. The smallest absolute Gasteiger partial charge is 0.175 e. The Balaban J connectivity index is 2.51. The zero-order chi connectivity index (χ0) is 14.5. The van der Waals surface area contributed by atoms with E-state index >= 15 is 0 Å². The SMILES string of the molecule is CCNC(C)(C)CNCc1ccc(S(C)(=O)=O)cc1. The summed E-state index contributed by atoms with van der Waals surface area (Å²) < 4.78 is 22.7. The molecular weight excluding hydrogens is 260 g/mol. The lowest BCUT2D eigenvalue weighted by atomic mass is 10.1. The Morgan fingerprint density at radius 1 is 1.16 bits per heavy atom. The van der Waals surface area contributed by atoms with Gasteiger partial charge in [0.2, 0.25) is 0 Å². The van der Waals surface area contributed by atoms with Gasteiger partial charge in [-0.1, -0.05) is 19.1 Å². The van der Waals surface area contributed by atoms with E-state index < -0.39 is 9.84 Å². The maximum Gasteiger partial charge on any atom is 0.175 e. The Kier molecular flexibility index (Phi) is 5.52. The molecule has 0 spiro atoms. The molecule has 0 radical (unpaired) electrons. The standard InChI is InChI=1S/C14H24N2O2S/c1-5-16-14(2,3)11-15-10-12-6-8-13(9-7-12)19(4,17)18/h6-9,15-16H,5,10-11H2,1-4H3. The van der Waals surface area contributed by atoms with Crippen LogP contribution in [0.25, 0.3) is 0 Å². The van der Waals surface area contributed by atoms with Gasteiger partial charge in [-0.25, -0.2) is 8.42 Å². The van der Waals surface area contributed by atoms with E-state index in [-0.39, 0.29) is 5.54 Å². The van der Waals surface area contributed by atoms with Crippen LogP contribution in [0.3, 0.4) is 0 Å². The zero-order valence-corrected chi connectivity index (χ0v) is 13.0. The summed E-state index contributed by atoms with van der Waals surface area (Å²) in [6.07, 6.45) is 1.22. The van der Waals surface area contributed by atoms with E-state index in [0.29, 0.717) is 4.90 Å². The van der Waals surface area contributed by atoms with Crippen molar-refractivity contribution in [3.63, 3.8) is 0 Å². The van der Waals surface area contributed by atoms with Crippen LogP contribution >= 0.6 is 0 Å². The summed E-state index contributed by atoms with van der Waals surface area (Å²) in [6, 6.07) is 7.01. The first kappa shape index (κ1) is 16.1. The van der Waals surface area contributed by atoms with Gasteiger partial charge < -0.3 is 10.6 Å². The van der Waals surface area contributed by atoms with Crippen LogP contribution < -0.4 is 10.6 Å². The molecule has 2 N–H and O–H groups in total. The van der Waals surface area contributed by atoms with Crippen LogP contribution in [0.4, 0.5) is 0 Å². The molecule has 0 aliphatic carbocycles. The first-order valence-corrected chi connectivity index (χ1v) is 8.38. The van der Waals surface area contributed by atoms with Crippen LogP contribution in [0.5, 0.6) is 0 Å². The largest absolute Gasteiger partial charge is 0.311 e. The quantitative estimate of drug-likeness (QED) is 0.798. The molecule has 0 amide bonds. The van der Waals surface area contributed by atoms with Gasteiger partial charge in [-0.15, -0.1) is 0 Å². The Bertz CT molecular complexity index is 493. The summed E-state index contributed by atoms with van der Waals surface area (Å²) in [5.41, 5.74) is 1.14. The summed E-state index contributed by atoms with van der Waals surface area (Å²) in [5.74, 6) is 0. The van der Waals surface area contributed by atoms with E-state index in [2.05, 4.69) is 31.4 Å². The molecule has 19 heavy (non-hydrogen) atoms. The van der Waals surface area contributed by atoms with E-state index in [1.165, 1.54) is 6.26 Å². The van der Waals surface area contributed by atoms with Crippen LogP contribution in [0, 0.1) is 0 Å². The first-order valence-electron chi connectivity index (χ1n) is 6.49. The molecule has 0 atom stereocenters. The van der Waals surface area contributed by atoms with Crippen molar-refractivity contribution in [2.24, 2.45) is 0 Å². The van der Waals surface area contributed by atoms with Crippen molar-refractivity contribution in [1.29, 1.82) is 0 Å². The maximum atomic E-state index is 11.3. The van der Waals surface area contributed by atoms with Gasteiger partial charge in [-0.2, -0.15) is 0 Å². The van der Waals surface area contributed by atoms with Crippen molar-refractivity contribution in [3.05, 3.63) is 29.8 Å². The van der Waals surface area contributed by atoms with Crippen molar-refractivity contribution < 1.29 is 8.42 Å². The van der Waals surface area contributed by atoms with Gasteiger partial charge in [0.15, 0.2) is 9.84 Å². The highest BCUT2D eigenvalue weighted by molar-refractivity contribution is 7.90. The summed E-state index contributed by atoms with van der Waals surface area (Å²) in [4.78, 5) is 0.365. The Morgan fingerprint density at radius 3 is 2.21 bits per heavy atom. The van der Waals surface area contributed by atoms with Crippen molar-refractivity contribution in [1.82, 2.24) is 10.6 Å². The van der Waals surface area contributed by atoms with E-state index in [0.717, 1.165) is 25.2 Å². The number of likely N-dealkylation sites (N-methyl/N-ethyl adjacent to an activating group) is 1. The summed E-state index contributed by atoms with van der Waals surface area (Å²) >= 11 is 0. The van der Waals surface area contributed by atoms with Crippen molar-refractivity contribution >= 4 is 9.84 Å². The molecule has 0 aromatic heterocycles. The van der Waals surface area contributed by atoms with Crippen molar-refractivity contribution in [2.45, 2.75) is 37.8 Å². The Labute approximate surface area is 116 Å². The average molecular weight is 284 g/mol. The first-order chi connectivity index (χ1) is 8.74. The predicted molar refractivity (Wildman–Crippen MR) is 79.0 cm³/mol. The second kappa shape index (κ2) is 6.50. The lowest BCUT2D eigenvalue weighted by Gasteiger charge is -2.26. The number of sulfone groups is 1. The number of nitrogens with one attached hydrogen (secondary N) is 2. The molecule has 0 heterocycles. The third-order valence-electron chi connectivity index (χ3n) is 2.90. The lowest BCUT2D eigenvalue weighted by Crippen LogP contribution is -2.47. The molecule has 0 unspecified atom stereocenters. The topological polar surface area (TPSA) is 58.2 Å². The molecule has 4 nitrogen and oxygen atoms in total. The molecule has 0 saturated carbocycles. The summed E-state index contributed by atoms with van der Waals surface area (Å²) in [5, 5.41) is 6.77. The molecule has 0 aliphatic heterocycles. The Hall–Kier alpha value is -0.910. The van der Waals surface area contributed by atoms with E-state index in [1.807, 2.05) is 12.1 Å². The molecule has 0 aliphatic rings. The minimum atomic E-state index is -3.10. The summed E-state index contributed by atoms with van der Waals surface area (Å²) in [7, 11) is -3.10. The minimum absolute atomic E-state index is 0.0570. The normalized spacial score (nSPS) is 12.6.